The summed E-state index contributed by atoms with van der Waals surface area (Å²) in [6.45, 7) is 6.01. The van der Waals surface area contributed by atoms with Gasteiger partial charge in [-0.2, -0.15) is 13.2 Å². The minimum atomic E-state index is -4.38. The number of amides is 1. The van der Waals surface area contributed by atoms with Gasteiger partial charge in [-0.1, -0.05) is 38.1 Å². The number of para-hydroxylation sites is 1. The highest BCUT2D eigenvalue weighted by atomic mass is 32.2. The smallest absolute Gasteiger partial charge is 0.325 e. The highest BCUT2D eigenvalue weighted by Crippen LogP contribution is 2.32. The fraction of sp³-hybridized carbons (Fsp3) is 0.316. The van der Waals surface area contributed by atoms with E-state index < -0.39 is 11.7 Å². The van der Waals surface area contributed by atoms with Crippen molar-refractivity contribution in [2.24, 2.45) is 0 Å². The molecular weight excluding hydrogens is 347 g/mol. The number of nitrogens with one attached hydrogen (secondary N) is 1. The van der Waals surface area contributed by atoms with Gasteiger partial charge in [-0.25, -0.2) is 0 Å². The molecule has 0 bridgehead atoms. The molecule has 6 heteroatoms. The molecule has 0 heterocycles. The number of alkyl halides is 3. The van der Waals surface area contributed by atoms with E-state index in [0.29, 0.717) is 4.90 Å². The van der Waals surface area contributed by atoms with Gasteiger partial charge in [0.05, 0.1) is 11.3 Å². The van der Waals surface area contributed by atoms with Crippen LogP contribution in [-0.4, -0.2) is 11.7 Å². The first-order chi connectivity index (χ1) is 11.7. The molecule has 2 nitrogen and oxygen atoms in total. The summed E-state index contributed by atoms with van der Waals surface area (Å²) in [7, 11) is 0. The lowest BCUT2D eigenvalue weighted by atomic mass is 9.98. The Morgan fingerprint density at radius 1 is 1.16 bits per heavy atom. The molecule has 0 saturated heterocycles. The summed E-state index contributed by atoms with van der Waals surface area (Å²) in [5.41, 5.74) is 2.08. The number of benzene rings is 2. The normalized spacial score (nSPS) is 11.6. The first-order valence-corrected chi connectivity index (χ1v) is 8.86. The van der Waals surface area contributed by atoms with Crippen molar-refractivity contribution in [3.8, 4) is 0 Å². The molecule has 134 valence electrons. The number of halogens is 3. The Morgan fingerprint density at radius 3 is 2.48 bits per heavy atom. The summed E-state index contributed by atoms with van der Waals surface area (Å²) in [5.74, 6) is 0.0672. The highest BCUT2D eigenvalue weighted by molar-refractivity contribution is 8.00. The summed E-state index contributed by atoms with van der Waals surface area (Å²) in [6.07, 6.45) is -4.38. The highest BCUT2D eigenvalue weighted by Gasteiger charge is 2.30. The number of thioether (sulfide) groups is 1. The van der Waals surface area contributed by atoms with Gasteiger partial charge in [-0.05, 0) is 42.2 Å². The van der Waals surface area contributed by atoms with Crippen molar-refractivity contribution in [2.45, 2.75) is 37.8 Å². The first-order valence-electron chi connectivity index (χ1n) is 7.88. The van der Waals surface area contributed by atoms with E-state index in [1.165, 1.54) is 6.07 Å². The molecular formula is C19H20F3NOS. The molecule has 2 rings (SSSR count). The van der Waals surface area contributed by atoms with Crippen molar-refractivity contribution < 1.29 is 18.0 Å². The quantitative estimate of drug-likeness (QED) is 0.670. The zero-order chi connectivity index (χ0) is 18.6. The second-order valence-corrected chi connectivity index (χ2v) is 7.11. The predicted molar refractivity (Wildman–Crippen MR) is 96.1 cm³/mol. The van der Waals surface area contributed by atoms with Gasteiger partial charge in [0.25, 0.3) is 0 Å². The summed E-state index contributed by atoms with van der Waals surface area (Å²) >= 11 is 1.09. The van der Waals surface area contributed by atoms with E-state index in [9.17, 15) is 18.0 Å². The lowest BCUT2D eigenvalue weighted by Crippen LogP contribution is -2.16. The number of aryl methyl sites for hydroxylation is 1. The van der Waals surface area contributed by atoms with Crippen molar-refractivity contribution >= 4 is 23.4 Å². The lowest BCUT2D eigenvalue weighted by molar-refractivity contribution is -0.137. The van der Waals surface area contributed by atoms with Crippen molar-refractivity contribution in [1.29, 1.82) is 0 Å². The number of hydrogen-bond acceptors (Lipinski definition) is 2. The molecule has 1 amide bonds. The summed E-state index contributed by atoms with van der Waals surface area (Å²) in [5, 5.41) is 2.89. The van der Waals surface area contributed by atoms with Crippen LogP contribution in [0.15, 0.2) is 47.4 Å². The van der Waals surface area contributed by atoms with Crippen LogP contribution in [0.1, 0.15) is 36.5 Å². The standard InChI is InChI=1S/C19H20F3NOS/c1-12(2)16-9-4-6-13(3)18(16)23-17(24)11-25-15-8-5-7-14(10-15)19(20,21)22/h4-10,12H,11H2,1-3H3,(H,23,24). The molecule has 0 aliphatic rings. The summed E-state index contributed by atoms with van der Waals surface area (Å²) in [6, 6.07) is 10.8. The van der Waals surface area contributed by atoms with E-state index in [-0.39, 0.29) is 17.6 Å². The lowest BCUT2D eigenvalue weighted by Gasteiger charge is -2.16. The Balaban J connectivity index is 2.05. The molecule has 0 aliphatic carbocycles. The van der Waals surface area contributed by atoms with Gasteiger partial charge >= 0.3 is 6.18 Å². The van der Waals surface area contributed by atoms with Crippen LogP contribution in [0.5, 0.6) is 0 Å². The van der Waals surface area contributed by atoms with Crippen LogP contribution < -0.4 is 5.32 Å². The number of hydrogen-bond donors (Lipinski definition) is 1. The Morgan fingerprint density at radius 2 is 1.84 bits per heavy atom. The van der Waals surface area contributed by atoms with Crippen molar-refractivity contribution in [1.82, 2.24) is 0 Å². The van der Waals surface area contributed by atoms with Gasteiger partial charge in [0, 0.05) is 10.6 Å². The van der Waals surface area contributed by atoms with Crippen molar-refractivity contribution in [3.05, 3.63) is 59.2 Å². The zero-order valence-corrected chi connectivity index (χ0v) is 15.1. The SMILES string of the molecule is Cc1cccc(C(C)C)c1NC(=O)CSc1cccc(C(F)(F)F)c1. The maximum Gasteiger partial charge on any atom is 0.416 e. The Kier molecular flexibility index (Phi) is 6.16. The average Bonchev–Trinajstić information content (AvgIpc) is 2.54. The Labute approximate surface area is 149 Å². The van der Waals surface area contributed by atoms with Crippen LogP contribution in [0.25, 0.3) is 0 Å². The molecule has 0 fully saturated rings. The molecule has 2 aromatic rings. The van der Waals surface area contributed by atoms with Crippen LogP contribution in [0.3, 0.4) is 0 Å². The van der Waals surface area contributed by atoms with Crippen LogP contribution >= 0.6 is 11.8 Å². The third-order valence-electron chi connectivity index (χ3n) is 3.72. The summed E-state index contributed by atoms with van der Waals surface area (Å²) < 4.78 is 38.2. The molecule has 0 spiro atoms. The summed E-state index contributed by atoms with van der Waals surface area (Å²) in [4.78, 5) is 12.7. The topological polar surface area (TPSA) is 29.1 Å². The molecule has 2 aromatic carbocycles. The monoisotopic (exact) mass is 367 g/mol. The average molecular weight is 367 g/mol. The van der Waals surface area contributed by atoms with Crippen LogP contribution in [-0.2, 0) is 11.0 Å². The van der Waals surface area contributed by atoms with Crippen molar-refractivity contribution in [3.63, 3.8) is 0 Å². The fourth-order valence-corrected chi connectivity index (χ4v) is 3.18. The van der Waals surface area contributed by atoms with Gasteiger partial charge in [-0.15, -0.1) is 11.8 Å². The maximum absolute atomic E-state index is 12.7. The molecule has 0 saturated carbocycles. The third kappa shape index (κ3) is 5.26. The van der Waals surface area contributed by atoms with Crippen LogP contribution in [0, 0.1) is 6.92 Å². The second kappa shape index (κ2) is 7.95. The molecule has 0 aliphatic heterocycles. The van der Waals surface area contributed by atoms with Gasteiger partial charge in [0.2, 0.25) is 5.91 Å². The first kappa shape index (κ1) is 19.4. The molecule has 0 radical (unpaired) electrons. The van der Waals surface area contributed by atoms with Gasteiger partial charge in [0.15, 0.2) is 0 Å². The molecule has 0 unspecified atom stereocenters. The number of carbonyl (C=O) groups is 1. The Bertz CT molecular complexity index is 757. The van der Waals surface area contributed by atoms with E-state index in [0.717, 1.165) is 40.7 Å². The van der Waals surface area contributed by atoms with Gasteiger partial charge in [0.1, 0.15) is 0 Å². The third-order valence-corrected chi connectivity index (χ3v) is 4.72. The largest absolute Gasteiger partial charge is 0.416 e. The van der Waals surface area contributed by atoms with Crippen LogP contribution in [0.4, 0.5) is 18.9 Å². The maximum atomic E-state index is 12.7. The van der Waals surface area contributed by atoms with E-state index in [1.807, 2.05) is 39.0 Å². The molecule has 25 heavy (non-hydrogen) atoms. The number of rotatable bonds is 5. The number of anilines is 1. The Hall–Kier alpha value is -1.95. The number of carbonyl (C=O) groups excluding carboxylic acids is 1. The van der Waals surface area contributed by atoms with E-state index >= 15 is 0 Å². The molecule has 0 atom stereocenters. The van der Waals surface area contributed by atoms with E-state index in [4.69, 9.17) is 0 Å². The van der Waals surface area contributed by atoms with Crippen molar-refractivity contribution in [2.75, 3.05) is 11.1 Å². The zero-order valence-electron chi connectivity index (χ0n) is 14.3. The van der Waals surface area contributed by atoms with Gasteiger partial charge in [-0.3, -0.25) is 4.79 Å². The van der Waals surface area contributed by atoms with Crippen LogP contribution in [0.2, 0.25) is 0 Å². The molecule has 1 N–H and O–H groups in total. The predicted octanol–water partition coefficient (Wildman–Crippen LogP) is 5.87. The second-order valence-electron chi connectivity index (χ2n) is 6.06. The minimum Gasteiger partial charge on any atom is -0.325 e. The van der Waals surface area contributed by atoms with E-state index in [2.05, 4.69) is 5.32 Å². The van der Waals surface area contributed by atoms with Gasteiger partial charge < -0.3 is 5.32 Å². The minimum absolute atomic E-state index is 0.0488. The molecule has 0 aromatic heterocycles. The van der Waals surface area contributed by atoms with E-state index in [1.54, 1.807) is 6.07 Å². The fourth-order valence-electron chi connectivity index (χ4n) is 2.43.